The number of hydrogen-bond donors (Lipinski definition) is 1. The monoisotopic (exact) mass is 260 g/mol. The van der Waals surface area contributed by atoms with Crippen molar-refractivity contribution in [2.24, 2.45) is 0 Å². The summed E-state index contributed by atoms with van der Waals surface area (Å²) in [4.78, 5) is 14.4. The van der Waals surface area contributed by atoms with E-state index in [2.05, 4.69) is 10.1 Å². The molecule has 0 aliphatic carbocycles. The van der Waals surface area contributed by atoms with E-state index in [4.69, 9.17) is 14.4 Å². The van der Waals surface area contributed by atoms with Gasteiger partial charge in [-0.1, -0.05) is 17.3 Å². The lowest BCUT2D eigenvalue weighted by Crippen LogP contribution is -1.97. The van der Waals surface area contributed by atoms with E-state index < -0.39 is 5.97 Å². The minimum absolute atomic E-state index is 0.198. The van der Waals surface area contributed by atoms with Crippen LogP contribution in [0, 0.1) is 6.92 Å². The maximum absolute atomic E-state index is 10.4. The van der Waals surface area contributed by atoms with Gasteiger partial charge in [-0.2, -0.15) is 4.98 Å². The van der Waals surface area contributed by atoms with Crippen LogP contribution in [-0.2, 0) is 11.4 Å². The van der Waals surface area contributed by atoms with Crippen molar-refractivity contribution in [1.29, 1.82) is 0 Å². The van der Waals surface area contributed by atoms with Crippen molar-refractivity contribution in [2.75, 3.05) is 0 Å². The number of ether oxygens (including phenoxy) is 1. The zero-order valence-electron chi connectivity index (χ0n) is 10.2. The van der Waals surface area contributed by atoms with Crippen LogP contribution < -0.4 is 4.74 Å². The van der Waals surface area contributed by atoms with E-state index in [1.807, 2.05) is 0 Å². The molecule has 0 saturated carbocycles. The summed E-state index contributed by atoms with van der Waals surface area (Å²) in [5.74, 6) is 0.560. The van der Waals surface area contributed by atoms with Gasteiger partial charge < -0.3 is 14.4 Å². The molecular weight excluding hydrogens is 248 g/mol. The molecule has 1 heterocycles. The third-order valence-electron chi connectivity index (χ3n) is 2.21. The van der Waals surface area contributed by atoms with Crippen LogP contribution in [0.1, 0.15) is 17.3 Å². The number of hydrogen-bond acceptors (Lipinski definition) is 5. The highest BCUT2D eigenvalue weighted by Gasteiger charge is 2.03. The first-order valence-electron chi connectivity index (χ1n) is 5.56. The quantitative estimate of drug-likeness (QED) is 0.828. The summed E-state index contributed by atoms with van der Waals surface area (Å²) in [6, 6.07) is 7.06. The van der Waals surface area contributed by atoms with Crippen molar-refractivity contribution in [1.82, 2.24) is 10.1 Å². The number of carbonyl (C=O) groups is 1. The second-order valence-corrected chi connectivity index (χ2v) is 3.76. The topological polar surface area (TPSA) is 85.5 Å². The molecular formula is C13H12N2O4. The second kappa shape index (κ2) is 5.81. The number of rotatable bonds is 5. The van der Waals surface area contributed by atoms with E-state index in [-0.39, 0.29) is 6.61 Å². The number of benzene rings is 1. The molecule has 0 amide bonds. The average molecular weight is 260 g/mol. The SMILES string of the molecule is Cc1nc(COc2cccc(/C=C/C(=O)O)c2)no1. The zero-order chi connectivity index (χ0) is 13.7. The van der Waals surface area contributed by atoms with Crippen LogP contribution in [0.2, 0.25) is 0 Å². The molecule has 19 heavy (non-hydrogen) atoms. The molecule has 6 nitrogen and oxygen atoms in total. The number of carboxylic acid groups (broad SMARTS) is 1. The molecule has 0 atom stereocenters. The highest BCUT2D eigenvalue weighted by molar-refractivity contribution is 5.85. The van der Waals surface area contributed by atoms with Crippen molar-refractivity contribution in [3.63, 3.8) is 0 Å². The van der Waals surface area contributed by atoms with Crippen molar-refractivity contribution in [2.45, 2.75) is 13.5 Å². The van der Waals surface area contributed by atoms with Gasteiger partial charge in [-0.25, -0.2) is 4.79 Å². The second-order valence-electron chi connectivity index (χ2n) is 3.76. The summed E-state index contributed by atoms with van der Waals surface area (Å²) in [7, 11) is 0. The van der Waals surface area contributed by atoms with Gasteiger partial charge in [0, 0.05) is 13.0 Å². The molecule has 0 unspecified atom stereocenters. The third kappa shape index (κ3) is 3.95. The van der Waals surface area contributed by atoms with E-state index in [1.165, 1.54) is 6.08 Å². The highest BCUT2D eigenvalue weighted by Crippen LogP contribution is 2.15. The Morgan fingerprint density at radius 3 is 3.05 bits per heavy atom. The lowest BCUT2D eigenvalue weighted by Gasteiger charge is -2.03. The summed E-state index contributed by atoms with van der Waals surface area (Å²) in [6.45, 7) is 1.90. The van der Waals surface area contributed by atoms with Crippen LogP contribution in [-0.4, -0.2) is 21.2 Å². The number of aryl methyl sites for hydroxylation is 1. The maximum atomic E-state index is 10.4. The number of nitrogens with zero attached hydrogens (tertiary/aromatic N) is 2. The minimum atomic E-state index is -0.992. The summed E-state index contributed by atoms with van der Waals surface area (Å²) in [5, 5.41) is 12.3. The lowest BCUT2D eigenvalue weighted by atomic mass is 10.2. The third-order valence-corrected chi connectivity index (χ3v) is 2.21. The van der Waals surface area contributed by atoms with Crippen molar-refractivity contribution < 1.29 is 19.2 Å². The molecule has 6 heteroatoms. The van der Waals surface area contributed by atoms with Gasteiger partial charge in [0.1, 0.15) is 5.75 Å². The normalized spacial score (nSPS) is 10.8. The predicted molar refractivity (Wildman–Crippen MR) is 66.5 cm³/mol. The van der Waals surface area contributed by atoms with E-state index >= 15 is 0 Å². The van der Waals surface area contributed by atoms with Crippen molar-refractivity contribution in [3.8, 4) is 5.75 Å². The smallest absolute Gasteiger partial charge is 0.328 e. The zero-order valence-corrected chi connectivity index (χ0v) is 10.2. The van der Waals surface area contributed by atoms with Crippen LogP contribution in [0.3, 0.4) is 0 Å². The molecule has 2 rings (SSSR count). The Balaban J connectivity index is 2.00. The lowest BCUT2D eigenvalue weighted by molar-refractivity contribution is -0.131. The molecule has 0 spiro atoms. The fourth-order valence-electron chi connectivity index (χ4n) is 1.42. The Labute approximate surface area is 109 Å². The Bertz CT molecular complexity index is 604. The van der Waals surface area contributed by atoms with Gasteiger partial charge in [-0.3, -0.25) is 0 Å². The van der Waals surface area contributed by atoms with E-state index in [1.54, 1.807) is 31.2 Å². The summed E-state index contributed by atoms with van der Waals surface area (Å²) in [6.07, 6.45) is 2.56. The summed E-state index contributed by atoms with van der Waals surface area (Å²) >= 11 is 0. The van der Waals surface area contributed by atoms with Crippen molar-refractivity contribution >= 4 is 12.0 Å². The number of aromatic nitrogens is 2. The van der Waals surface area contributed by atoms with E-state index in [0.29, 0.717) is 17.5 Å². The Morgan fingerprint density at radius 2 is 2.37 bits per heavy atom. The standard InChI is InChI=1S/C13H12N2O4/c1-9-14-12(15-19-9)8-18-11-4-2-3-10(7-11)5-6-13(16)17/h2-7H,8H2,1H3,(H,16,17)/b6-5+. The predicted octanol–water partition coefficient (Wildman–Crippen LogP) is 2.05. The average Bonchev–Trinajstić information content (AvgIpc) is 2.80. The fraction of sp³-hybridized carbons (Fsp3) is 0.154. The molecule has 0 aliphatic heterocycles. The molecule has 0 aliphatic rings. The highest BCUT2D eigenvalue weighted by atomic mass is 16.5. The Morgan fingerprint density at radius 1 is 1.53 bits per heavy atom. The van der Waals surface area contributed by atoms with Crippen molar-refractivity contribution in [3.05, 3.63) is 47.6 Å². The molecule has 1 N–H and O–H groups in total. The van der Waals surface area contributed by atoms with Crippen LogP contribution in [0.4, 0.5) is 0 Å². The fourth-order valence-corrected chi connectivity index (χ4v) is 1.42. The van der Waals surface area contributed by atoms with Gasteiger partial charge >= 0.3 is 5.97 Å². The van der Waals surface area contributed by atoms with Gasteiger partial charge in [0.2, 0.25) is 11.7 Å². The van der Waals surface area contributed by atoms with Crippen LogP contribution in [0.25, 0.3) is 6.08 Å². The van der Waals surface area contributed by atoms with Gasteiger partial charge in [-0.05, 0) is 23.8 Å². The first-order valence-corrected chi connectivity index (χ1v) is 5.56. The van der Waals surface area contributed by atoms with Crippen LogP contribution in [0.15, 0.2) is 34.9 Å². The molecule has 98 valence electrons. The van der Waals surface area contributed by atoms with Gasteiger partial charge in [-0.15, -0.1) is 0 Å². The molecule has 0 bridgehead atoms. The maximum Gasteiger partial charge on any atom is 0.328 e. The van der Waals surface area contributed by atoms with Gasteiger partial charge in [0.15, 0.2) is 6.61 Å². The molecule has 0 radical (unpaired) electrons. The van der Waals surface area contributed by atoms with E-state index in [9.17, 15) is 4.79 Å². The van der Waals surface area contributed by atoms with Gasteiger partial charge in [0.05, 0.1) is 0 Å². The minimum Gasteiger partial charge on any atom is -0.485 e. The number of carboxylic acids is 1. The first-order chi connectivity index (χ1) is 9.13. The molecule has 0 fully saturated rings. The Hall–Kier alpha value is -2.63. The van der Waals surface area contributed by atoms with Crippen LogP contribution in [0.5, 0.6) is 5.75 Å². The Kier molecular flexibility index (Phi) is 3.92. The molecule has 1 aromatic carbocycles. The summed E-state index contributed by atoms with van der Waals surface area (Å²) < 4.78 is 10.3. The summed E-state index contributed by atoms with van der Waals surface area (Å²) in [5.41, 5.74) is 0.740. The molecule has 1 aromatic heterocycles. The molecule has 2 aromatic rings. The molecule has 0 saturated heterocycles. The van der Waals surface area contributed by atoms with E-state index in [0.717, 1.165) is 11.6 Å². The first kappa shape index (κ1) is 12.8. The van der Waals surface area contributed by atoms with Gasteiger partial charge in [0.25, 0.3) is 0 Å². The van der Waals surface area contributed by atoms with Crippen LogP contribution >= 0.6 is 0 Å². The largest absolute Gasteiger partial charge is 0.485 e. The number of aliphatic carboxylic acids is 1.